The number of nitrogens with zero attached hydrogens (tertiary/aromatic N) is 4. The van der Waals surface area contributed by atoms with Crippen molar-refractivity contribution in [1.82, 2.24) is 19.6 Å². The Hall–Kier alpha value is -1.88. The molecular weight excluding hydrogens is 552 g/mol. The van der Waals surface area contributed by atoms with Gasteiger partial charge in [-0.05, 0) is 73.7 Å². The fourth-order valence-corrected chi connectivity index (χ4v) is 5.38. The Morgan fingerprint density at radius 3 is 2.72 bits per heavy atom. The van der Waals surface area contributed by atoms with Gasteiger partial charge in [0.1, 0.15) is 10.2 Å². The molecule has 0 unspecified atom stereocenters. The summed E-state index contributed by atoms with van der Waals surface area (Å²) in [5.74, 6) is -0.114. The lowest BCUT2D eigenvalue weighted by Crippen LogP contribution is -2.53. The van der Waals surface area contributed by atoms with Crippen LogP contribution in [0.2, 0.25) is 5.02 Å². The van der Waals surface area contributed by atoms with Crippen LogP contribution in [-0.4, -0.2) is 82.7 Å². The van der Waals surface area contributed by atoms with Gasteiger partial charge >= 0.3 is 6.09 Å². The maximum Gasteiger partial charge on any atom is 0.410 e. The second kappa shape index (κ2) is 11.2. The molecule has 1 saturated heterocycles. The van der Waals surface area contributed by atoms with Crippen LogP contribution in [0.1, 0.15) is 45.6 Å². The Kier molecular flexibility index (Phi) is 8.49. The number of methoxy groups -OCH3 is 1. The van der Waals surface area contributed by atoms with Crippen LogP contribution in [-0.2, 0) is 32.1 Å². The first-order valence-electron chi connectivity index (χ1n) is 12.3. The van der Waals surface area contributed by atoms with Crippen molar-refractivity contribution in [2.45, 2.75) is 70.9 Å². The Morgan fingerprint density at radius 1 is 1.31 bits per heavy atom. The predicted molar refractivity (Wildman–Crippen MR) is 140 cm³/mol. The van der Waals surface area contributed by atoms with E-state index in [-0.39, 0.29) is 18.5 Å². The quantitative estimate of drug-likeness (QED) is 0.421. The van der Waals surface area contributed by atoms with Crippen LogP contribution in [0.15, 0.2) is 16.7 Å². The van der Waals surface area contributed by atoms with E-state index in [0.29, 0.717) is 42.5 Å². The molecule has 1 aliphatic carbocycles. The molecule has 2 aromatic rings. The van der Waals surface area contributed by atoms with E-state index in [9.17, 15) is 9.59 Å². The fourth-order valence-electron chi connectivity index (χ4n) is 4.33. The number of morpholine rings is 1. The smallest absolute Gasteiger partial charge is 0.410 e. The molecule has 0 radical (unpaired) electrons. The summed E-state index contributed by atoms with van der Waals surface area (Å²) in [4.78, 5) is 29.6. The summed E-state index contributed by atoms with van der Waals surface area (Å²) in [5.41, 5.74) is 1.24. The Morgan fingerprint density at radius 2 is 2.06 bits per heavy atom. The van der Waals surface area contributed by atoms with Gasteiger partial charge < -0.3 is 24.0 Å². The van der Waals surface area contributed by atoms with E-state index in [0.717, 1.165) is 35.7 Å². The zero-order chi connectivity index (χ0) is 26.0. The number of aromatic nitrogens is 2. The van der Waals surface area contributed by atoms with E-state index in [1.54, 1.807) is 12.0 Å². The van der Waals surface area contributed by atoms with Gasteiger partial charge in [-0.1, -0.05) is 11.6 Å². The van der Waals surface area contributed by atoms with Crippen LogP contribution >= 0.6 is 27.5 Å². The number of aryl methyl sites for hydroxylation is 1. The number of ether oxygens (including phenoxy) is 3. The van der Waals surface area contributed by atoms with Crippen molar-refractivity contribution in [2.24, 2.45) is 0 Å². The molecule has 1 aromatic heterocycles. The number of fused-ring (bicyclic) bond motifs is 1. The Balaban J connectivity index is 1.51. The highest BCUT2D eigenvalue weighted by molar-refractivity contribution is 9.10. The Bertz CT molecular complexity index is 1110. The van der Waals surface area contributed by atoms with Gasteiger partial charge in [-0.15, -0.1) is 0 Å². The Labute approximate surface area is 225 Å². The first kappa shape index (κ1) is 27.2. The molecule has 11 heteroatoms. The van der Waals surface area contributed by atoms with E-state index < -0.39 is 17.8 Å². The van der Waals surface area contributed by atoms with Crippen molar-refractivity contribution in [3.63, 3.8) is 0 Å². The minimum atomic E-state index is -0.722. The third-order valence-electron chi connectivity index (χ3n) is 6.16. The number of halogens is 2. The summed E-state index contributed by atoms with van der Waals surface area (Å²) in [7, 11) is 1.68. The van der Waals surface area contributed by atoms with Crippen molar-refractivity contribution in [3.8, 4) is 0 Å². The van der Waals surface area contributed by atoms with Gasteiger partial charge in [-0.3, -0.25) is 9.48 Å². The number of hydrogen-bond donors (Lipinski definition) is 0. The van der Waals surface area contributed by atoms with Gasteiger partial charge in [0, 0.05) is 39.4 Å². The largest absolute Gasteiger partial charge is 0.444 e. The van der Waals surface area contributed by atoms with Crippen LogP contribution in [0.25, 0.3) is 10.9 Å². The predicted octanol–water partition coefficient (Wildman–Crippen LogP) is 4.62. The standard InChI is InChI=1S/C25H34BrClN4O5/c1-25(2,3)36-24(33)29-9-11-35-20(15-29)23(32)30(17-6-7-17)14-16-12-18(27)21-19(13-16)31(28-22(21)26)8-5-10-34-4/h12-13,17,20H,5-11,14-15H2,1-4H3/t20-/m1/s1. The lowest BCUT2D eigenvalue weighted by atomic mass is 10.1. The molecule has 2 amide bonds. The number of amides is 2. The lowest BCUT2D eigenvalue weighted by molar-refractivity contribution is -0.150. The third-order valence-corrected chi connectivity index (χ3v) is 7.01. The summed E-state index contributed by atoms with van der Waals surface area (Å²) in [6.45, 7) is 8.08. The average molecular weight is 586 g/mol. The highest BCUT2D eigenvalue weighted by Gasteiger charge is 2.39. The summed E-state index contributed by atoms with van der Waals surface area (Å²) >= 11 is 10.2. The first-order chi connectivity index (χ1) is 17.1. The van der Waals surface area contributed by atoms with Crippen molar-refractivity contribution in [3.05, 3.63) is 27.3 Å². The second-order valence-electron chi connectivity index (χ2n) is 10.3. The van der Waals surface area contributed by atoms with Gasteiger partial charge in [-0.25, -0.2) is 4.79 Å². The minimum absolute atomic E-state index is 0.114. The highest BCUT2D eigenvalue weighted by Crippen LogP contribution is 2.34. The molecule has 36 heavy (non-hydrogen) atoms. The van der Waals surface area contributed by atoms with Crippen LogP contribution < -0.4 is 0 Å². The van der Waals surface area contributed by atoms with Crippen molar-refractivity contribution < 1.29 is 23.8 Å². The third kappa shape index (κ3) is 6.51. The maximum absolute atomic E-state index is 13.6. The normalized spacial score (nSPS) is 18.5. The summed E-state index contributed by atoms with van der Waals surface area (Å²) in [6.07, 6.45) is 1.57. The molecule has 4 rings (SSSR count). The number of carbonyl (C=O) groups is 2. The molecule has 0 N–H and O–H groups in total. The van der Waals surface area contributed by atoms with E-state index in [4.69, 9.17) is 25.8 Å². The number of benzene rings is 1. The van der Waals surface area contributed by atoms with Gasteiger partial charge in [0.25, 0.3) is 5.91 Å². The van der Waals surface area contributed by atoms with E-state index in [1.165, 1.54) is 0 Å². The number of carbonyl (C=O) groups excluding carboxylic acids is 2. The van der Waals surface area contributed by atoms with Crippen molar-refractivity contribution in [1.29, 1.82) is 0 Å². The van der Waals surface area contributed by atoms with Crippen LogP contribution in [0.4, 0.5) is 4.79 Å². The number of hydrogen-bond acceptors (Lipinski definition) is 6. The molecule has 1 aromatic carbocycles. The summed E-state index contributed by atoms with van der Waals surface area (Å²) in [6, 6.07) is 4.10. The van der Waals surface area contributed by atoms with Crippen LogP contribution in [0, 0.1) is 0 Å². The lowest BCUT2D eigenvalue weighted by Gasteiger charge is -2.36. The maximum atomic E-state index is 13.6. The molecule has 1 saturated carbocycles. The van der Waals surface area contributed by atoms with Gasteiger partial charge in [0.2, 0.25) is 0 Å². The van der Waals surface area contributed by atoms with Crippen molar-refractivity contribution >= 4 is 50.4 Å². The fraction of sp³-hybridized carbons (Fsp3) is 0.640. The first-order valence-corrected chi connectivity index (χ1v) is 13.5. The minimum Gasteiger partial charge on any atom is -0.444 e. The average Bonchev–Trinajstić information content (AvgIpc) is 3.60. The van der Waals surface area contributed by atoms with E-state index in [2.05, 4.69) is 21.0 Å². The molecule has 0 spiro atoms. The van der Waals surface area contributed by atoms with Gasteiger partial charge in [-0.2, -0.15) is 5.10 Å². The molecule has 2 fully saturated rings. The molecular formula is C25H34BrClN4O5. The molecule has 2 heterocycles. The SMILES string of the molecule is COCCCn1nc(Br)c2c(Cl)cc(CN(C(=O)[C@H]3CN(C(=O)OC(C)(C)C)CCO3)C3CC3)cc21. The van der Waals surface area contributed by atoms with Crippen LogP contribution in [0.5, 0.6) is 0 Å². The van der Waals surface area contributed by atoms with E-state index in [1.807, 2.05) is 42.5 Å². The second-order valence-corrected chi connectivity index (χ2v) is 11.5. The highest BCUT2D eigenvalue weighted by atomic mass is 79.9. The molecule has 0 bridgehead atoms. The zero-order valence-electron chi connectivity index (χ0n) is 21.3. The number of rotatable bonds is 8. The molecule has 9 nitrogen and oxygen atoms in total. The monoisotopic (exact) mass is 584 g/mol. The summed E-state index contributed by atoms with van der Waals surface area (Å²) < 4.78 is 19.1. The van der Waals surface area contributed by atoms with Crippen LogP contribution in [0.3, 0.4) is 0 Å². The molecule has 2 aliphatic rings. The molecule has 1 atom stereocenters. The van der Waals surface area contributed by atoms with Gasteiger partial charge in [0.15, 0.2) is 6.10 Å². The topological polar surface area (TPSA) is 86.1 Å². The van der Waals surface area contributed by atoms with E-state index >= 15 is 0 Å². The molecule has 198 valence electrons. The zero-order valence-corrected chi connectivity index (χ0v) is 23.6. The van der Waals surface area contributed by atoms with Crippen molar-refractivity contribution in [2.75, 3.05) is 33.4 Å². The molecule has 1 aliphatic heterocycles. The summed E-state index contributed by atoms with van der Waals surface area (Å²) in [5, 5.41) is 6.03. The van der Waals surface area contributed by atoms with Gasteiger partial charge in [0.05, 0.1) is 29.1 Å².